The molecule has 0 radical (unpaired) electrons. The van der Waals surface area contributed by atoms with Crippen molar-refractivity contribution >= 4 is 23.8 Å². The Balaban J connectivity index is 2.44. The first kappa shape index (κ1) is 15.1. The molecule has 0 aromatic heterocycles. The van der Waals surface area contributed by atoms with Gasteiger partial charge in [0.05, 0.1) is 0 Å². The molecule has 0 bridgehead atoms. The normalized spacial score (nSPS) is 17.9. The third-order valence-corrected chi connectivity index (χ3v) is 4.00. The first-order valence-electron chi connectivity index (χ1n) is 6.22. The molecule has 2 atom stereocenters. The molecule has 2 amide bonds. The Hall–Kier alpha value is -0.910. The number of hydrogen-bond donors (Lipinski definition) is 2. The molecular formula is C12H22N2O3S. The number of nitrogens with one attached hydrogen (secondary N) is 1. The lowest BCUT2D eigenvalue weighted by Crippen LogP contribution is -2.50. The Morgan fingerprint density at radius 2 is 2.11 bits per heavy atom. The number of nitrogens with zero attached hydrogens (tertiary/aromatic N) is 1. The van der Waals surface area contributed by atoms with E-state index in [9.17, 15) is 9.59 Å². The topological polar surface area (TPSA) is 69.6 Å². The molecule has 18 heavy (non-hydrogen) atoms. The van der Waals surface area contributed by atoms with Crippen molar-refractivity contribution in [2.45, 2.75) is 38.3 Å². The highest BCUT2D eigenvalue weighted by Crippen LogP contribution is 2.32. The molecule has 0 aliphatic heterocycles. The van der Waals surface area contributed by atoms with Crippen LogP contribution in [-0.4, -0.2) is 53.1 Å². The van der Waals surface area contributed by atoms with E-state index in [0.29, 0.717) is 0 Å². The van der Waals surface area contributed by atoms with Gasteiger partial charge < -0.3 is 15.3 Å². The zero-order chi connectivity index (χ0) is 13.7. The molecule has 0 aromatic carbocycles. The quantitative estimate of drug-likeness (QED) is 0.740. The van der Waals surface area contributed by atoms with E-state index in [1.54, 1.807) is 23.7 Å². The van der Waals surface area contributed by atoms with Crippen LogP contribution in [0.25, 0.3) is 0 Å². The Morgan fingerprint density at radius 1 is 1.50 bits per heavy atom. The fourth-order valence-electron chi connectivity index (χ4n) is 1.73. The number of carbonyl (C=O) groups excluding carboxylic acids is 1. The number of carboxylic acid groups (broad SMARTS) is 1. The minimum atomic E-state index is -0.934. The summed E-state index contributed by atoms with van der Waals surface area (Å²) in [6, 6.07) is -0.901. The minimum absolute atomic E-state index is 0.112. The van der Waals surface area contributed by atoms with Crippen molar-refractivity contribution in [1.29, 1.82) is 0 Å². The highest BCUT2D eigenvalue weighted by atomic mass is 32.2. The molecule has 6 heteroatoms. The molecule has 0 spiro atoms. The van der Waals surface area contributed by atoms with Gasteiger partial charge in [0.25, 0.3) is 0 Å². The van der Waals surface area contributed by atoms with E-state index in [-0.39, 0.29) is 18.0 Å². The van der Waals surface area contributed by atoms with Gasteiger partial charge in [-0.25, -0.2) is 9.59 Å². The molecule has 1 fully saturated rings. The number of carboxylic acids is 1. The highest BCUT2D eigenvalue weighted by Gasteiger charge is 2.38. The van der Waals surface area contributed by atoms with E-state index in [1.807, 2.05) is 13.2 Å². The Kier molecular flexibility index (Phi) is 5.78. The van der Waals surface area contributed by atoms with Crippen molar-refractivity contribution in [3.63, 3.8) is 0 Å². The van der Waals surface area contributed by atoms with Gasteiger partial charge in [-0.3, -0.25) is 0 Å². The number of amides is 2. The largest absolute Gasteiger partial charge is 0.480 e. The van der Waals surface area contributed by atoms with Crippen molar-refractivity contribution in [2.24, 2.45) is 5.92 Å². The van der Waals surface area contributed by atoms with Gasteiger partial charge in [-0.2, -0.15) is 11.8 Å². The fourth-order valence-corrected chi connectivity index (χ4v) is 2.30. The summed E-state index contributed by atoms with van der Waals surface area (Å²) in [5, 5.41) is 11.7. The second-order valence-electron chi connectivity index (χ2n) is 4.84. The van der Waals surface area contributed by atoms with Crippen molar-refractivity contribution in [2.75, 3.05) is 19.1 Å². The summed E-state index contributed by atoms with van der Waals surface area (Å²) < 4.78 is 0. The van der Waals surface area contributed by atoms with Gasteiger partial charge in [0.15, 0.2) is 0 Å². The number of hydrogen-bond acceptors (Lipinski definition) is 3. The number of rotatable bonds is 7. The molecule has 0 aromatic rings. The average Bonchev–Trinajstić information content (AvgIpc) is 3.15. The number of carbonyl (C=O) groups is 2. The monoisotopic (exact) mass is 274 g/mol. The summed E-state index contributed by atoms with van der Waals surface area (Å²) in [6.45, 7) is 1.97. The summed E-state index contributed by atoms with van der Waals surface area (Å²) >= 11 is 1.74. The van der Waals surface area contributed by atoms with Gasteiger partial charge in [0.2, 0.25) is 0 Å². The second-order valence-corrected chi connectivity index (χ2v) is 5.83. The molecule has 0 heterocycles. The van der Waals surface area contributed by atoms with E-state index in [1.165, 1.54) is 0 Å². The van der Waals surface area contributed by atoms with Gasteiger partial charge >= 0.3 is 12.0 Å². The second kappa shape index (κ2) is 6.87. The molecule has 104 valence electrons. The number of aliphatic carboxylic acids is 1. The van der Waals surface area contributed by atoms with E-state index < -0.39 is 12.0 Å². The number of urea groups is 1. The van der Waals surface area contributed by atoms with Crippen LogP contribution in [0.15, 0.2) is 0 Å². The maximum absolute atomic E-state index is 11.9. The van der Waals surface area contributed by atoms with Crippen LogP contribution in [0.3, 0.4) is 0 Å². The van der Waals surface area contributed by atoms with Gasteiger partial charge in [-0.1, -0.05) is 0 Å². The summed E-state index contributed by atoms with van der Waals surface area (Å²) in [6.07, 6.45) is 4.72. The summed E-state index contributed by atoms with van der Waals surface area (Å²) in [5.74, 6) is 0.168. The van der Waals surface area contributed by atoms with Crippen molar-refractivity contribution in [1.82, 2.24) is 10.2 Å². The fraction of sp³-hybridized carbons (Fsp3) is 0.833. The Labute approximate surface area is 112 Å². The first-order valence-corrected chi connectivity index (χ1v) is 7.61. The SMILES string of the molecule is CSCCC(C)N(C)C(=O)NC(C(=O)O)C1CC1. The van der Waals surface area contributed by atoms with Crippen molar-refractivity contribution in [3.05, 3.63) is 0 Å². The highest BCUT2D eigenvalue weighted by molar-refractivity contribution is 7.98. The Morgan fingerprint density at radius 3 is 2.56 bits per heavy atom. The molecule has 1 aliphatic rings. The van der Waals surface area contributed by atoms with Crippen LogP contribution < -0.4 is 5.32 Å². The van der Waals surface area contributed by atoms with E-state index in [4.69, 9.17) is 5.11 Å². The average molecular weight is 274 g/mol. The Bertz CT molecular complexity index is 308. The maximum atomic E-state index is 11.9. The van der Waals surface area contributed by atoms with Crippen LogP contribution in [0.5, 0.6) is 0 Å². The third kappa shape index (κ3) is 4.40. The van der Waals surface area contributed by atoms with E-state index in [0.717, 1.165) is 25.0 Å². The van der Waals surface area contributed by atoms with Crippen LogP contribution in [0.2, 0.25) is 0 Å². The molecule has 1 saturated carbocycles. The predicted molar refractivity (Wildman–Crippen MR) is 72.9 cm³/mol. The molecule has 2 N–H and O–H groups in total. The van der Waals surface area contributed by atoms with Crippen LogP contribution in [0.4, 0.5) is 4.79 Å². The molecule has 2 unspecified atom stereocenters. The summed E-state index contributed by atoms with van der Waals surface area (Å²) in [4.78, 5) is 24.6. The van der Waals surface area contributed by atoms with Gasteiger partial charge in [0.1, 0.15) is 6.04 Å². The maximum Gasteiger partial charge on any atom is 0.326 e. The lowest BCUT2D eigenvalue weighted by atomic mass is 10.2. The molecule has 0 saturated heterocycles. The van der Waals surface area contributed by atoms with Crippen LogP contribution in [-0.2, 0) is 4.79 Å². The van der Waals surface area contributed by atoms with Gasteiger partial charge in [0, 0.05) is 13.1 Å². The zero-order valence-corrected chi connectivity index (χ0v) is 12.0. The molecule has 1 aliphatic carbocycles. The smallest absolute Gasteiger partial charge is 0.326 e. The van der Waals surface area contributed by atoms with Crippen molar-refractivity contribution < 1.29 is 14.7 Å². The van der Waals surface area contributed by atoms with E-state index in [2.05, 4.69) is 5.32 Å². The standard InChI is InChI=1S/C12H22N2O3S/c1-8(6-7-18-3)14(2)12(17)13-10(11(15)16)9-4-5-9/h8-10H,4-7H2,1-3H3,(H,13,17)(H,15,16). The zero-order valence-electron chi connectivity index (χ0n) is 11.2. The lowest BCUT2D eigenvalue weighted by Gasteiger charge is -2.26. The predicted octanol–water partition coefficient (Wildman–Crippen LogP) is 1.63. The number of thioether (sulfide) groups is 1. The third-order valence-electron chi connectivity index (χ3n) is 3.36. The minimum Gasteiger partial charge on any atom is -0.480 e. The molecule has 5 nitrogen and oxygen atoms in total. The molecular weight excluding hydrogens is 252 g/mol. The van der Waals surface area contributed by atoms with Crippen molar-refractivity contribution in [3.8, 4) is 0 Å². The summed E-state index contributed by atoms with van der Waals surface area (Å²) in [7, 11) is 1.71. The van der Waals surface area contributed by atoms with Gasteiger partial charge in [-0.15, -0.1) is 0 Å². The van der Waals surface area contributed by atoms with Crippen LogP contribution >= 0.6 is 11.8 Å². The van der Waals surface area contributed by atoms with Gasteiger partial charge in [-0.05, 0) is 44.1 Å². The van der Waals surface area contributed by atoms with E-state index >= 15 is 0 Å². The van der Waals surface area contributed by atoms with Crippen LogP contribution in [0, 0.1) is 5.92 Å². The molecule has 1 rings (SSSR count). The van der Waals surface area contributed by atoms with Crippen LogP contribution in [0.1, 0.15) is 26.2 Å². The summed E-state index contributed by atoms with van der Waals surface area (Å²) in [5.41, 5.74) is 0. The lowest BCUT2D eigenvalue weighted by molar-refractivity contribution is -0.139. The first-order chi connectivity index (χ1) is 8.47.